The monoisotopic (exact) mass is 427 g/mol. The average Bonchev–Trinajstić information content (AvgIpc) is 2.96. The van der Waals surface area contributed by atoms with Crippen LogP contribution in [0.4, 0.5) is 5.69 Å². The molecule has 1 aromatic heterocycles. The van der Waals surface area contributed by atoms with Crippen LogP contribution in [0.1, 0.15) is 38.8 Å². The third-order valence-corrected chi connectivity index (χ3v) is 5.86. The van der Waals surface area contributed by atoms with E-state index in [4.69, 9.17) is 0 Å². The lowest BCUT2D eigenvalue weighted by Gasteiger charge is -2.31. The van der Waals surface area contributed by atoms with E-state index in [1.54, 1.807) is 16.4 Å². The molecule has 0 saturated carbocycles. The van der Waals surface area contributed by atoms with Crippen LogP contribution in [0, 0.1) is 12.8 Å². The molecule has 8 heteroatoms. The summed E-state index contributed by atoms with van der Waals surface area (Å²) in [6, 6.07) is 9.51. The maximum Gasteiger partial charge on any atom is 0.295 e. The molecule has 0 aliphatic carbocycles. The van der Waals surface area contributed by atoms with Gasteiger partial charge in [-0.15, -0.1) is 0 Å². The molecule has 1 aromatic carbocycles. The first-order chi connectivity index (χ1) is 14.8. The zero-order valence-electron chi connectivity index (χ0n) is 18.9. The second-order valence-electron chi connectivity index (χ2n) is 8.51. The number of nitrogens with one attached hydrogen (secondary N) is 2. The number of para-hydroxylation sites is 1. The number of aromatic nitrogens is 2. The fraction of sp³-hybridized carbons (Fsp3) is 0.522. The molecule has 3 rings (SSSR count). The van der Waals surface area contributed by atoms with E-state index in [0.29, 0.717) is 24.3 Å². The molecule has 8 nitrogen and oxygen atoms in total. The topological polar surface area (TPSA) is 88.4 Å². The van der Waals surface area contributed by atoms with E-state index in [9.17, 15) is 14.4 Å². The van der Waals surface area contributed by atoms with Gasteiger partial charge < -0.3 is 15.5 Å². The Labute approximate surface area is 183 Å². The molecule has 2 amide bonds. The Bertz CT molecular complexity index is 969. The molecule has 0 unspecified atom stereocenters. The largest absolute Gasteiger partial charge is 0.354 e. The minimum absolute atomic E-state index is 0.0518. The zero-order chi connectivity index (χ0) is 22.5. The zero-order valence-corrected chi connectivity index (χ0v) is 18.9. The predicted octanol–water partition coefficient (Wildman–Crippen LogP) is 2.05. The number of amides is 2. The summed E-state index contributed by atoms with van der Waals surface area (Å²) in [5.41, 5.74) is 1.54. The van der Waals surface area contributed by atoms with Crippen LogP contribution in [-0.4, -0.2) is 51.8 Å². The fourth-order valence-corrected chi connectivity index (χ4v) is 3.99. The minimum atomic E-state index is -0.239. The number of piperidine rings is 1. The number of anilines is 1. The van der Waals surface area contributed by atoms with Crippen molar-refractivity contribution in [3.05, 3.63) is 46.4 Å². The van der Waals surface area contributed by atoms with Crippen LogP contribution in [0.2, 0.25) is 0 Å². The number of nitrogens with zero attached hydrogens (tertiary/aromatic N) is 3. The van der Waals surface area contributed by atoms with Crippen molar-refractivity contribution in [3.63, 3.8) is 0 Å². The molecule has 0 atom stereocenters. The van der Waals surface area contributed by atoms with Crippen molar-refractivity contribution in [3.8, 4) is 5.69 Å². The van der Waals surface area contributed by atoms with Crippen molar-refractivity contribution in [1.82, 2.24) is 19.6 Å². The van der Waals surface area contributed by atoms with Crippen molar-refractivity contribution in [1.29, 1.82) is 0 Å². The molecule has 0 spiro atoms. The van der Waals surface area contributed by atoms with E-state index in [1.807, 2.05) is 51.1 Å². The highest BCUT2D eigenvalue weighted by Crippen LogP contribution is 2.18. The Morgan fingerprint density at radius 2 is 1.77 bits per heavy atom. The van der Waals surface area contributed by atoms with Gasteiger partial charge in [0, 0.05) is 32.0 Å². The summed E-state index contributed by atoms with van der Waals surface area (Å²) in [6.07, 6.45) is 1.92. The van der Waals surface area contributed by atoms with E-state index in [2.05, 4.69) is 15.5 Å². The van der Waals surface area contributed by atoms with Crippen molar-refractivity contribution >= 4 is 17.5 Å². The Morgan fingerprint density at radius 3 is 2.39 bits per heavy atom. The molecular formula is C23H33N5O3. The van der Waals surface area contributed by atoms with Crippen LogP contribution in [0.15, 0.2) is 35.1 Å². The fourth-order valence-electron chi connectivity index (χ4n) is 3.99. The van der Waals surface area contributed by atoms with E-state index in [0.717, 1.165) is 31.6 Å². The summed E-state index contributed by atoms with van der Waals surface area (Å²) in [5.74, 6) is 0.00299. The quantitative estimate of drug-likeness (QED) is 0.708. The summed E-state index contributed by atoms with van der Waals surface area (Å²) in [4.78, 5) is 39.8. The summed E-state index contributed by atoms with van der Waals surface area (Å²) in [5, 5.41) is 5.79. The normalized spacial score (nSPS) is 15.3. The van der Waals surface area contributed by atoms with Gasteiger partial charge in [-0.1, -0.05) is 18.2 Å². The van der Waals surface area contributed by atoms with E-state index in [-0.39, 0.29) is 29.3 Å². The van der Waals surface area contributed by atoms with Gasteiger partial charge in [0.2, 0.25) is 11.8 Å². The number of likely N-dealkylation sites (tertiary alicyclic amines) is 1. The van der Waals surface area contributed by atoms with Gasteiger partial charge in [-0.25, -0.2) is 4.68 Å². The molecule has 2 heterocycles. The highest BCUT2D eigenvalue weighted by Gasteiger charge is 2.25. The standard InChI is InChI=1S/C23H33N5O3/c1-16(2)24-22(30)18-10-13-27(14-11-18)15-12-20(29)25-21-17(3)26(4)28(23(21)31)19-8-6-5-7-9-19/h5-9,16,18H,10-15H2,1-4H3,(H,24,30)(H,25,29). The Hall–Kier alpha value is -2.87. The van der Waals surface area contributed by atoms with Crippen LogP contribution in [0.25, 0.3) is 5.69 Å². The number of carbonyl (C=O) groups excluding carboxylic acids is 2. The number of hydrogen-bond acceptors (Lipinski definition) is 4. The van der Waals surface area contributed by atoms with Gasteiger partial charge in [0.25, 0.3) is 5.56 Å². The Balaban J connectivity index is 1.54. The van der Waals surface area contributed by atoms with E-state index < -0.39 is 0 Å². The van der Waals surface area contributed by atoms with E-state index >= 15 is 0 Å². The lowest BCUT2D eigenvalue weighted by molar-refractivity contribution is -0.127. The van der Waals surface area contributed by atoms with Crippen molar-refractivity contribution in [2.45, 2.75) is 46.1 Å². The molecular weight excluding hydrogens is 394 g/mol. The molecule has 31 heavy (non-hydrogen) atoms. The van der Waals surface area contributed by atoms with Crippen LogP contribution >= 0.6 is 0 Å². The number of carbonyl (C=O) groups is 2. The first-order valence-electron chi connectivity index (χ1n) is 10.9. The molecule has 1 fully saturated rings. The maximum absolute atomic E-state index is 12.9. The molecule has 2 N–H and O–H groups in total. The number of hydrogen-bond donors (Lipinski definition) is 2. The number of rotatable bonds is 7. The Morgan fingerprint density at radius 1 is 1.13 bits per heavy atom. The minimum Gasteiger partial charge on any atom is -0.354 e. The van der Waals surface area contributed by atoms with Gasteiger partial charge in [-0.2, -0.15) is 0 Å². The lowest BCUT2D eigenvalue weighted by atomic mass is 9.95. The summed E-state index contributed by atoms with van der Waals surface area (Å²) in [6.45, 7) is 7.97. The van der Waals surface area contributed by atoms with Gasteiger partial charge >= 0.3 is 0 Å². The average molecular weight is 428 g/mol. The second kappa shape index (κ2) is 9.96. The first-order valence-corrected chi connectivity index (χ1v) is 10.9. The van der Waals surface area contributed by atoms with Gasteiger partial charge in [-0.3, -0.25) is 19.1 Å². The summed E-state index contributed by atoms with van der Waals surface area (Å²) in [7, 11) is 1.80. The maximum atomic E-state index is 12.9. The first kappa shape index (κ1) is 22.8. The van der Waals surface area contributed by atoms with Crippen molar-refractivity contribution in [2.75, 3.05) is 25.0 Å². The smallest absolute Gasteiger partial charge is 0.295 e. The van der Waals surface area contributed by atoms with Crippen LogP contribution < -0.4 is 16.2 Å². The SMILES string of the molecule is Cc1c(NC(=O)CCN2CCC(C(=O)NC(C)C)CC2)c(=O)n(-c2ccccc2)n1C. The molecule has 0 bridgehead atoms. The predicted molar refractivity (Wildman–Crippen MR) is 121 cm³/mol. The molecule has 1 saturated heterocycles. The molecule has 0 radical (unpaired) electrons. The van der Waals surface area contributed by atoms with Gasteiger partial charge in [0.1, 0.15) is 5.69 Å². The third kappa shape index (κ3) is 5.44. The molecule has 2 aromatic rings. The summed E-state index contributed by atoms with van der Waals surface area (Å²) >= 11 is 0. The molecule has 1 aliphatic rings. The van der Waals surface area contributed by atoms with Gasteiger partial charge in [0.05, 0.1) is 11.4 Å². The molecule has 1 aliphatic heterocycles. The third-order valence-electron chi connectivity index (χ3n) is 5.86. The van der Waals surface area contributed by atoms with Crippen LogP contribution in [0.3, 0.4) is 0 Å². The lowest BCUT2D eigenvalue weighted by Crippen LogP contribution is -2.43. The number of benzene rings is 1. The van der Waals surface area contributed by atoms with Crippen LogP contribution in [-0.2, 0) is 16.6 Å². The highest BCUT2D eigenvalue weighted by atomic mass is 16.2. The van der Waals surface area contributed by atoms with Gasteiger partial charge in [0.15, 0.2) is 0 Å². The van der Waals surface area contributed by atoms with Gasteiger partial charge in [-0.05, 0) is 58.8 Å². The highest BCUT2D eigenvalue weighted by molar-refractivity contribution is 5.91. The van der Waals surface area contributed by atoms with Crippen molar-refractivity contribution in [2.24, 2.45) is 13.0 Å². The van der Waals surface area contributed by atoms with E-state index in [1.165, 1.54) is 0 Å². The van der Waals surface area contributed by atoms with Crippen LogP contribution in [0.5, 0.6) is 0 Å². The van der Waals surface area contributed by atoms with Crippen molar-refractivity contribution < 1.29 is 9.59 Å². The Kier molecular flexibility index (Phi) is 7.33. The second-order valence-corrected chi connectivity index (χ2v) is 8.51. The summed E-state index contributed by atoms with van der Waals surface area (Å²) < 4.78 is 3.30. The molecule has 168 valence electrons.